The van der Waals surface area contributed by atoms with E-state index in [9.17, 15) is 24.0 Å². The fraction of sp³-hybridized carbons (Fsp3) is 0.421. The van der Waals surface area contributed by atoms with E-state index >= 15 is 0 Å². The summed E-state index contributed by atoms with van der Waals surface area (Å²) in [4.78, 5) is 60.0. The highest BCUT2D eigenvalue weighted by atomic mass is 16.5. The molecule has 11 heteroatoms. The molecule has 3 rings (SSSR count). The van der Waals surface area contributed by atoms with Crippen LogP contribution in [0.2, 0.25) is 0 Å². The van der Waals surface area contributed by atoms with E-state index in [1.54, 1.807) is 6.07 Å². The lowest BCUT2D eigenvalue weighted by atomic mass is 10.0. The van der Waals surface area contributed by atoms with Crippen LogP contribution >= 0.6 is 0 Å². The van der Waals surface area contributed by atoms with Crippen molar-refractivity contribution in [1.82, 2.24) is 10.2 Å². The minimum absolute atomic E-state index is 0.0674. The highest BCUT2D eigenvalue weighted by Crippen LogP contribution is 2.29. The number of fused-ring (bicyclic) bond motifs is 1. The Hall–Kier alpha value is -3.31. The van der Waals surface area contributed by atoms with Crippen LogP contribution in [0, 0.1) is 0 Å². The number of carbonyl (C=O) groups is 5. The summed E-state index contributed by atoms with van der Waals surface area (Å²) in [5, 5.41) is 13.7. The first-order chi connectivity index (χ1) is 14.4. The monoisotopic (exact) mass is 419 g/mol. The highest BCUT2D eigenvalue weighted by molar-refractivity contribution is 6.23. The third-order valence-corrected chi connectivity index (χ3v) is 4.61. The zero-order valence-corrected chi connectivity index (χ0v) is 16.0. The van der Waals surface area contributed by atoms with Gasteiger partial charge in [0, 0.05) is 18.7 Å². The third kappa shape index (κ3) is 4.81. The number of anilines is 1. The van der Waals surface area contributed by atoms with Gasteiger partial charge in [-0.05, 0) is 24.6 Å². The van der Waals surface area contributed by atoms with Crippen LogP contribution in [0.3, 0.4) is 0 Å². The maximum Gasteiger partial charge on any atom is 0.329 e. The summed E-state index contributed by atoms with van der Waals surface area (Å²) < 4.78 is 10.1. The number of nitrogens with one attached hydrogen (secondary N) is 2. The minimum Gasteiger partial charge on any atom is -0.480 e. The molecule has 1 atom stereocenters. The number of carboxylic acid groups (broad SMARTS) is 1. The van der Waals surface area contributed by atoms with Crippen LogP contribution in [0.15, 0.2) is 18.2 Å². The van der Waals surface area contributed by atoms with Crippen molar-refractivity contribution in [3.63, 3.8) is 0 Å². The SMILES string of the molecule is O=C(O)COCCOCCNc1ccc2c(c1)C(=O)N(C1CCC(=O)NC1=O)C2=O. The molecule has 1 aromatic carbocycles. The van der Waals surface area contributed by atoms with Crippen molar-refractivity contribution in [1.29, 1.82) is 0 Å². The summed E-state index contributed by atoms with van der Waals surface area (Å²) in [6, 6.07) is 3.71. The molecule has 1 unspecified atom stereocenters. The molecule has 2 heterocycles. The predicted octanol–water partition coefficient (Wildman–Crippen LogP) is -0.382. The maximum absolute atomic E-state index is 12.7. The molecule has 30 heavy (non-hydrogen) atoms. The van der Waals surface area contributed by atoms with E-state index in [0.29, 0.717) is 18.8 Å². The van der Waals surface area contributed by atoms with Gasteiger partial charge in [0.05, 0.1) is 30.9 Å². The molecule has 0 bridgehead atoms. The normalized spacial score (nSPS) is 18.4. The summed E-state index contributed by atoms with van der Waals surface area (Å²) in [5.74, 6) is -3.24. The molecule has 2 aliphatic heterocycles. The first kappa shape index (κ1) is 21.4. The standard InChI is InChI=1S/C19H21N3O8/c23-15-4-3-14(17(26)21-15)22-18(27)12-2-1-11(9-13(12)19(22)28)20-5-6-29-7-8-30-10-16(24)25/h1-2,9,14,20H,3-8,10H2,(H,24,25)(H,21,23,26). The van der Waals surface area contributed by atoms with Crippen molar-refractivity contribution < 1.29 is 38.6 Å². The molecule has 0 aromatic heterocycles. The number of nitrogens with zero attached hydrogens (tertiary/aromatic N) is 1. The van der Waals surface area contributed by atoms with Crippen LogP contribution in [0.4, 0.5) is 5.69 Å². The number of benzene rings is 1. The number of ether oxygens (including phenoxy) is 2. The lowest BCUT2D eigenvalue weighted by Crippen LogP contribution is -2.54. The van der Waals surface area contributed by atoms with Gasteiger partial charge in [0.2, 0.25) is 11.8 Å². The molecule has 0 spiro atoms. The second-order valence-electron chi connectivity index (χ2n) is 6.69. The van der Waals surface area contributed by atoms with Crippen molar-refractivity contribution in [3.8, 4) is 0 Å². The molecular formula is C19H21N3O8. The Labute approximate surface area is 171 Å². The smallest absolute Gasteiger partial charge is 0.329 e. The highest BCUT2D eigenvalue weighted by Gasteiger charge is 2.44. The van der Waals surface area contributed by atoms with E-state index in [-0.39, 0.29) is 43.8 Å². The first-order valence-corrected chi connectivity index (χ1v) is 9.35. The second kappa shape index (κ2) is 9.46. The van der Waals surface area contributed by atoms with Gasteiger partial charge in [-0.1, -0.05) is 0 Å². The summed E-state index contributed by atoms with van der Waals surface area (Å²) in [6.07, 6.45) is 0.173. The Morgan fingerprint density at radius 1 is 1.10 bits per heavy atom. The van der Waals surface area contributed by atoms with Crippen molar-refractivity contribution in [2.75, 3.05) is 38.3 Å². The number of hydrogen-bond donors (Lipinski definition) is 3. The fourth-order valence-corrected chi connectivity index (χ4v) is 3.23. The van der Waals surface area contributed by atoms with Gasteiger partial charge in [-0.15, -0.1) is 0 Å². The van der Waals surface area contributed by atoms with E-state index in [2.05, 4.69) is 10.6 Å². The van der Waals surface area contributed by atoms with Gasteiger partial charge in [-0.3, -0.25) is 29.4 Å². The van der Waals surface area contributed by atoms with Gasteiger partial charge in [-0.2, -0.15) is 0 Å². The average Bonchev–Trinajstić information content (AvgIpc) is 2.94. The van der Waals surface area contributed by atoms with Gasteiger partial charge in [0.25, 0.3) is 11.8 Å². The zero-order chi connectivity index (χ0) is 21.7. The number of rotatable bonds is 10. The Morgan fingerprint density at radius 2 is 1.83 bits per heavy atom. The molecule has 3 N–H and O–H groups in total. The van der Waals surface area contributed by atoms with Gasteiger partial charge in [0.15, 0.2) is 0 Å². The zero-order valence-electron chi connectivity index (χ0n) is 16.0. The molecule has 1 saturated heterocycles. The Morgan fingerprint density at radius 3 is 2.57 bits per heavy atom. The molecule has 0 saturated carbocycles. The number of imide groups is 2. The van der Waals surface area contributed by atoms with E-state index in [4.69, 9.17) is 14.6 Å². The van der Waals surface area contributed by atoms with E-state index in [1.807, 2.05) is 0 Å². The molecule has 1 fully saturated rings. The van der Waals surface area contributed by atoms with Crippen LogP contribution in [-0.4, -0.2) is 78.6 Å². The number of carbonyl (C=O) groups excluding carboxylic acids is 4. The largest absolute Gasteiger partial charge is 0.480 e. The molecular weight excluding hydrogens is 398 g/mol. The quantitative estimate of drug-likeness (QED) is 0.340. The number of piperidine rings is 1. The van der Waals surface area contributed by atoms with Gasteiger partial charge in [-0.25, -0.2) is 4.79 Å². The summed E-state index contributed by atoms with van der Waals surface area (Å²) in [7, 11) is 0. The van der Waals surface area contributed by atoms with Crippen molar-refractivity contribution in [2.45, 2.75) is 18.9 Å². The van der Waals surface area contributed by atoms with Crippen LogP contribution in [0.25, 0.3) is 0 Å². The lowest BCUT2D eigenvalue weighted by Gasteiger charge is -2.27. The fourth-order valence-electron chi connectivity index (χ4n) is 3.23. The average molecular weight is 419 g/mol. The number of amides is 4. The lowest BCUT2D eigenvalue weighted by molar-refractivity contribution is -0.142. The third-order valence-electron chi connectivity index (χ3n) is 4.61. The van der Waals surface area contributed by atoms with E-state index in [1.165, 1.54) is 12.1 Å². The first-order valence-electron chi connectivity index (χ1n) is 9.35. The predicted molar refractivity (Wildman–Crippen MR) is 101 cm³/mol. The van der Waals surface area contributed by atoms with Crippen LogP contribution < -0.4 is 10.6 Å². The van der Waals surface area contributed by atoms with Gasteiger partial charge < -0.3 is 19.9 Å². The van der Waals surface area contributed by atoms with Crippen molar-refractivity contribution in [2.24, 2.45) is 0 Å². The molecule has 160 valence electrons. The topological polar surface area (TPSA) is 151 Å². The van der Waals surface area contributed by atoms with E-state index in [0.717, 1.165) is 4.90 Å². The molecule has 2 aliphatic rings. The van der Waals surface area contributed by atoms with Gasteiger partial charge >= 0.3 is 5.97 Å². The molecule has 0 aliphatic carbocycles. The summed E-state index contributed by atoms with van der Waals surface area (Å²) in [5.41, 5.74) is 1.01. The molecule has 1 aromatic rings. The Kier molecular flexibility index (Phi) is 6.75. The van der Waals surface area contributed by atoms with Crippen molar-refractivity contribution in [3.05, 3.63) is 29.3 Å². The van der Waals surface area contributed by atoms with Crippen LogP contribution in [0.1, 0.15) is 33.6 Å². The van der Waals surface area contributed by atoms with Crippen LogP contribution in [-0.2, 0) is 23.9 Å². The van der Waals surface area contributed by atoms with E-state index < -0.39 is 35.6 Å². The molecule has 4 amide bonds. The maximum atomic E-state index is 12.7. The van der Waals surface area contributed by atoms with Gasteiger partial charge in [0.1, 0.15) is 12.6 Å². The second-order valence-corrected chi connectivity index (χ2v) is 6.69. The number of hydrogen-bond acceptors (Lipinski definition) is 8. The Bertz CT molecular complexity index is 885. The number of carboxylic acids is 1. The molecule has 0 radical (unpaired) electrons. The van der Waals surface area contributed by atoms with Crippen LogP contribution in [0.5, 0.6) is 0 Å². The summed E-state index contributed by atoms with van der Waals surface area (Å²) >= 11 is 0. The Balaban J connectivity index is 1.52. The number of aliphatic carboxylic acids is 1. The minimum atomic E-state index is -1.04. The summed E-state index contributed by atoms with van der Waals surface area (Å²) in [6.45, 7) is 0.768. The van der Waals surface area contributed by atoms with Crippen molar-refractivity contribution >= 4 is 35.3 Å². The molecule has 11 nitrogen and oxygen atoms in total.